The lowest BCUT2D eigenvalue weighted by atomic mass is 10.1. The maximum absolute atomic E-state index is 10.0. The lowest BCUT2D eigenvalue weighted by Crippen LogP contribution is -2.51. The molecule has 0 radical (unpaired) electrons. The van der Waals surface area contributed by atoms with Crippen LogP contribution in [0.15, 0.2) is 42.7 Å². The van der Waals surface area contributed by atoms with Gasteiger partial charge in [0.15, 0.2) is 0 Å². The zero-order chi connectivity index (χ0) is 15.4. The van der Waals surface area contributed by atoms with Crippen LogP contribution in [0.5, 0.6) is 0 Å². The minimum absolute atomic E-state index is 0.314. The van der Waals surface area contributed by atoms with Gasteiger partial charge in [-0.25, -0.2) is 0 Å². The molecule has 3 rings (SSSR count). The highest BCUT2D eigenvalue weighted by atomic mass is 35.5. The third kappa shape index (κ3) is 3.87. The van der Waals surface area contributed by atoms with Crippen LogP contribution in [0.3, 0.4) is 0 Å². The standard InChI is InChI=1S/C16H20ClN3O2/c17-16-5-2-1-4-13(16)11-22-12-15(21)10-19-8-14(9-19)20-7-3-6-18-20/h1-7,14-15,21H,8-12H2/t15-/m0/s1. The van der Waals surface area contributed by atoms with Crippen molar-refractivity contribution in [3.63, 3.8) is 0 Å². The van der Waals surface area contributed by atoms with Gasteiger partial charge in [0.1, 0.15) is 0 Å². The van der Waals surface area contributed by atoms with Gasteiger partial charge in [0.25, 0.3) is 0 Å². The SMILES string of the molecule is O[C@H](COCc1ccccc1Cl)CN1CC(n2cccn2)C1. The van der Waals surface area contributed by atoms with Crippen LogP contribution in [0, 0.1) is 0 Å². The zero-order valence-electron chi connectivity index (χ0n) is 12.3. The quantitative estimate of drug-likeness (QED) is 0.847. The summed E-state index contributed by atoms with van der Waals surface area (Å²) in [7, 11) is 0. The maximum Gasteiger partial charge on any atom is 0.0900 e. The van der Waals surface area contributed by atoms with Gasteiger partial charge >= 0.3 is 0 Å². The van der Waals surface area contributed by atoms with Crippen LogP contribution in [0.4, 0.5) is 0 Å². The lowest BCUT2D eigenvalue weighted by Gasteiger charge is -2.40. The van der Waals surface area contributed by atoms with E-state index in [-0.39, 0.29) is 0 Å². The fraction of sp³-hybridized carbons (Fsp3) is 0.438. The number of likely N-dealkylation sites (tertiary alicyclic amines) is 1. The minimum Gasteiger partial charge on any atom is -0.389 e. The number of aromatic nitrogens is 2. The average Bonchev–Trinajstić information content (AvgIpc) is 2.98. The van der Waals surface area contributed by atoms with Crippen LogP contribution in [0.2, 0.25) is 5.02 Å². The Morgan fingerprint density at radius 1 is 1.32 bits per heavy atom. The number of rotatable bonds is 7. The van der Waals surface area contributed by atoms with Crippen molar-refractivity contribution >= 4 is 11.6 Å². The molecule has 0 amide bonds. The van der Waals surface area contributed by atoms with E-state index < -0.39 is 6.10 Å². The molecule has 0 aliphatic carbocycles. The molecule has 1 aromatic heterocycles. The number of aliphatic hydroxyl groups excluding tert-OH is 1. The Morgan fingerprint density at radius 2 is 2.14 bits per heavy atom. The molecule has 1 atom stereocenters. The van der Waals surface area contributed by atoms with Crippen molar-refractivity contribution in [1.82, 2.24) is 14.7 Å². The average molecular weight is 322 g/mol. The second kappa shape index (κ2) is 7.24. The molecule has 1 N–H and O–H groups in total. The number of hydrogen-bond donors (Lipinski definition) is 1. The van der Waals surface area contributed by atoms with E-state index >= 15 is 0 Å². The van der Waals surface area contributed by atoms with Crippen molar-refractivity contribution in [2.24, 2.45) is 0 Å². The molecule has 5 nitrogen and oxygen atoms in total. The van der Waals surface area contributed by atoms with E-state index in [1.54, 1.807) is 6.20 Å². The number of β-amino-alcohol motifs (C(OH)–C–C–N with tert-alkyl or cyclic N) is 1. The molecular formula is C16H20ClN3O2. The highest BCUT2D eigenvalue weighted by Crippen LogP contribution is 2.20. The Morgan fingerprint density at radius 3 is 2.86 bits per heavy atom. The maximum atomic E-state index is 10.0. The largest absolute Gasteiger partial charge is 0.389 e. The summed E-state index contributed by atoms with van der Waals surface area (Å²) in [6.07, 6.45) is 3.28. The number of benzene rings is 1. The molecule has 2 aromatic rings. The van der Waals surface area contributed by atoms with Gasteiger partial charge in [-0.2, -0.15) is 5.10 Å². The number of aliphatic hydroxyl groups is 1. The van der Waals surface area contributed by atoms with Gasteiger partial charge in [-0.15, -0.1) is 0 Å². The van der Waals surface area contributed by atoms with E-state index in [9.17, 15) is 5.11 Å². The van der Waals surface area contributed by atoms with Gasteiger partial charge in [-0.05, 0) is 17.7 Å². The van der Waals surface area contributed by atoms with Crippen molar-refractivity contribution in [3.8, 4) is 0 Å². The summed E-state index contributed by atoms with van der Waals surface area (Å²) in [6, 6.07) is 9.94. The van der Waals surface area contributed by atoms with E-state index in [1.807, 2.05) is 41.2 Å². The summed E-state index contributed by atoms with van der Waals surface area (Å²) in [5.41, 5.74) is 0.944. The van der Waals surface area contributed by atoms with Crippen molar-refractivity contribution in [3.05, 3.63) is 53.3 Å². The molecule has 0 bridgehead atoms. The van der Waals surface area contributed by atoms with Crippen molar-refractivity contribution < 1.29 is 9.84 Å². The molecule has 1 saturated heterocycles. The Labute approximate surface area is 135 Å². The monoisotopic (exact) mass is 321 g/mol. The number of halogens is 1. The topological polar surface area (TPSA) is 50.5 Å². The smallest absolute Gasteiger partial charge is 0.0900 e. The summed E-state index contributed by atoms with van der Waals surface area (Å²) in [5, 5.41) is 15.0. The molecule has 0 saturated carbocycles. The molecule has 1 aliphatic heterocycles. The second-order valence-corrected chi connectivity index (χ2v) is 6.03. The summed E-state index contributed by atoms with van der Waals surface area (Å²) < 4.78 is 7.52. The predicted molar refractivity (Wildman–Crippen MR) is 84.8 cm³/mol. The second-order valence-electron chi connectivity index (χ2n) is 5.62. The normalized spacial score (nSPS) is 17.4. The van der Waals surface area contributed by atoms with Crippen molar-refractivity contribution in [2.75, 3.05) is 26.2 Å². The van der Waals surface area contributed by atoms with Crippen LogP contribution < -0.4 is 0 Å². The molecular weight excluding hydrogens is 302 g/mol. The number of ether oxygens (including phenoxy) is 1. The van der Waals surface area contributed by atoms with E-state index in [4.69, 9.17) is 16.3 Å². The van der Waals surface area contributed by atoms with Crippen LogP contribution in [-0.2, 0) is 11.3 Å². The van der Waals surface area contributed by atoms with E-state index in [1.165, 1.54) is 0 Å². The Kier molecular flexibility index (Phi) is 5.10. The van der Waals surface area contributed by atoms with Crippen molar-refractivity contribution in [1.29, 1.82) is 0 Å². The molecule has 6 heteroatoms. The Hall–Kier alpha value is -1.40. The Bertz CT molecular complexity index is 585. The molecule has 2 heterocycles. The summed E-state index contributed by atoms with van der Waals surface area (Å²) >= 11 is 6.06. The van der Waals surface area contributed by atoms with Gasteiger partial charge in [0, 0.05) is 37.1 Å². The highest BCUT2D eigenvalue weighted by Gasteiger charge is 2.29. The first-order valence-electron chi connectivity index (χ1n) is 7.43. The molecule has 0 unspecified atom stereocenters. The first kappa shape index (κ1) is 15.5. The highest BCUT2D eigenvalue weighted by molar-refractivity contribution is 6.31. The third-order valence-electron chi connectivity index (χ3n) is 3.83. The molecule has 0 spiro atoms. The van der Waals surface area contributed by atoms with Gasteiger partial charge < -0.3 is 9.84 Å². The predicted octanol–water partition coefficient (Wildman–Crippen LogP) is 1.97. The van der Waals surface area contributed by atoms with Gasteiger partial charge in [0.2, 0.25) is 0 Å². The zero-order valence-corrected chi connectivity index (χ0v) is 13.1. The summed E-state index contributed by atoms with van der Waals surface area (Å²) in [5.74, 6) is 0. The molecule has 1 aliphatic rings. The number of nitrogens with zero attached hydrogens (tertiary/aromatic N) is 3. The first-order valence-corrected chi connectivity index (χ1v) is 7.81. The summed E-state index contributed by atoms with van der Waals surface area (Å²) in [4.78, 5) is 2.20. The van der Waals surface area contributed by atoms with Crippen LogP contribution in [0.25, 0.3) is 0 Å². The van der Waals surface area contributed by atoms with Crippen LogP contribution >= 0.6 is 11.6 Å². The lowest BCUT2D eigenvalue weighted by molar-refractivity contribution is -0.0133. The fourth-order valence-corrected chi connectivity index (χ4v) is 2.82. The minimum atomic E-state index is -0.485. The van der Waals surface area contributed by atoms with Gasteiger partial charge in [-0.3, -0.25) is 9.58 Å². The van der Waals surface area contributed by atoms with E-state index in [2.05, 4.69) is 10.00 Å². The van der Waals surface area contributed by atoms with Crippen molar-refractivity contribution in [2.45, 2.75) is 18.8 Å². The van der Waals surface area contributed by atoms with Gasteiger partial charge in [-0.1, -0.05) is 29.8 Å². The molecule has 1 fully saturated rings. The Balaban J connectivity index is 1.34. The van der Waals surface area contributed by atoms with Crippen LogP contribution in [0.1, 0.15) is 11.6 Å². The summed E-state index contributed by atoms with van der Waals surface area (Å²) in [6.45, 7) is 3.20. The molecule has 1 aromatic carbocycles. The fourth-order valence-electron chi connectivity index (χ4n) is 2.63. The molecule has 22 heavy (non-hydrogen) atoms. The van der Waals surface area contributed by atoms with Crippen LogP contribution in [-0.4, -0.2) is 52.1 Å². The first-order chi connectivity index (χ1) is 10.7. The van der Waals surface area contributed by atoms with E-state index in [0.717, 1.165) is 18.7 Å². The number of hydrogen-bond acceptors (Lipinski definition) is 4. The van der Waals surface area contributed by atoms with Gasteiger partial charge in [0.05, 0.1) is 25.4 Å². The molecule has 118 valence electrons. The third-order valence-corrected chi connectivity index (χ3v) is 4.20. The van der Waals surface area contributed by atoms with E-state index in [0.29, 0.717) is 30.8 Å².